The van der Waals surface area contributed by atoms with E-state index in [2.05, 4.69) is 4.98 Å². The lowest BCUT2D eigenvalue weighted by molar-refractivity contribution is -0.0348. The summed E-state index contributed by atoms with van der Waals surface area (Å²) in [6.07, 6.45) is 3.83. The molecule has 2 heterocycles. The van der Waals surface area contributed by atoms with Crippen molar-refractivity contribution < 1.29 is 4.74 Å². The standard InChI is InChI=1S/C9H13N3O3/c10-6-5-12(9(14)11-8(6)13)7-3-1-2-4-15-7/h5,7H,1-4,10H2,(H,11,13,14). The first-order chi connectivity index (χ1) is 7.18. The summed E-state index contributed by atoms with van der Waals surface area (Å²) in [5.41, 5.74) is 4.45. The Kier molecular flexibility index (Phi) is 2.59. The number of rotatable bonds is 1. The Morgan fingerprint density at radius 1 is 1.47 bits per heavy atom. The van der Waals surface area contributed by atoms with E-state index in [0.717, 1.165) is 19.3 Å². The van der Waals surface area contributed by atoms with E-state index in [1.165, 1.54) is 10.8 Å². The number of aromatic nitrogens is 2. The number of aromatic amines is 1. The van der Waals surface area contributed by atoms with E-state index in [4.69, 9.17) is 10.5 Å². The van der Waals surface area contributed by atoms with Crippen LogP contribution in [0.5, 0.6) is 0 Å². The molecule has 1 unspecified atom stereocenters. The molecule has 0 aliphatic carbocycles. The summed E-state index contributed by atoms with van der Waals surface area (Å²) < 4.78 is 6.77. The SMILES string of the molecule is Nc1cn(C2CCCCO2)c(=O)[nH]c1=O. The highest BCUT2D eigenvalue weighted by molar-refractivity contribution is 5.30. The smallest absolute Gasteiger partial charge is 0.330 e. The minimum absolute atomic E-state index is 0.0313. The molecule has 0 spiro atoms. The summed E-state index contributed by atoms with van der Waals surface area (Å²) in [6.45, 7) is 0.635. The predicted molar refractivity (Wildman–Crippen MR) is 54.6 cm³/mol. The first-order valence-corrected chi connectivity index (χ1v) is 4.91. The van der Waals surface area contributed by atoms with Gasteiger partial charge in [-0.3, -0.25) is 14.3 Å². The van der Waals surface area contributed by atoms with Gasteiger partial charge in [0, 0.05) is 12.8 Å². The Balaban J connectivity index is 2.39. The fraction of sp³-hybridized carbons (Fsp3) is 0.556. The average Bonchev–Trinajstić information content (AvgIpc) is 2.25. The van der Waals surface area contributed by atoms with Gasteiger partial charge in [0.2, 0.25) is 0 Å². The zero-order valence-electron chi connectivity index (χ0n) is 8.23. The molecule has 0 amide bonds. The van der Waals surface area contributed by atoms with Crippen LogP contribution in [-0.2, 0) is 4.74 Å². The van der Waals surface area contributed by atoms with Gasteiger partial charge in [0.1, 0.15) is 11.9 Å². The van der Waals surface area contributed by atoms with Gasteiger partial charge in [-0.2, -0.15) is 0 Å². The van der Waals surface area contributed by atoms with Gasteiger partial charge in [-0.05, 0) is 19.3 Å². The summed E-state index contributed by atoms with van der Waals surface area (Å²) in [6, 6.07) is 0. The summed E-state index contributed by atoms with van der Waals surface area (Å²) in [5, 5.41) is 0. The molecule has 2 rings (SSSR count). The van der Waals surface area contributed by atoms with Crippen LogP contribution in [0, 0.1) is 0 Å². The van der Waals surface area contributed by atoms with Crippen LogP contribution in [0.15, 0.2) is 15.8 Å². The maximum atomic E-state index is 11.5. The molecule has 3 N–H and O–H groups in total. The van der Waals surface area contributed by atoms with Gasteiger partial charge < -0.3 is 10.5 Å². The summed E-state index contributed by atoms with van der Waals surface area (Å²) in [7, 11) is 0. The topological polar surface area (TPSA) is 90.1 Å². The van der Waals surface area contributed by atoms with Crippen molar-refractivity contribution in [3.63, 3.8) is 0 Å². The molecule has 1 saturated heterocycles. The van der Waals surface area contributed by atoms with Crippen LogP contribution >= 0.6 is 0 Å². The molecular formula is C9H13N3O3. The maximum Gasteiger partial charge on any atom is 0.330 e. The van der Waals surface area contributed by atoms with Gasteiger partial charge in [-0.15, -0.1) is 0 Å². The number of anilines is 1. The van der Waals surface area contributed by atoms with Crippen LogP contribution in [-0.4, -0.2) is 16.2 Å². The van der Waals surface area contributed by atoms with Crippen LogP contribution in [0.4, 0.5) is 5.69 Å². The lowest BCUT2D eigenvalue weighted by atomic mass is 10.2. The quantitative estimate of drug-likeness (QED) is 0.674. The van der Waals surface area contributed by atoms with Crippen LogP contribution in [0.3, 0.4) is 0 Å². The van der Waals surface area contributed by atoms with E-state index in [9.17, 15) is 9.59 Å². The Labute approximate surface area is 85.7 Å². The molecule has 82 valence electrons. The summed E-state index contributed by atoms with van der Waals surface area (Å²) >= 11 is 0. The van der Waals surface area contributed by atoms with Gasteiger partial charge in [0.05, 0.1) is 0 Å². The van der Waals surface area contributed by atoms with Crippen molar-refractivity contribution in [2.75, 3.05) is 12.3 Å². The number of nitrogens with one attached hydrogen (secondary N) is 1. The molecular weight excluding hydrogens is 198 g/mol. The Hall–Kier alpha value is -1.56. The van der Waals surface area contributed by atoms with Crippen LogP contribution in [0.2, 0.25) is 0 Å². The Bertz CT molecular complexity index is 456. The second kappa shape index (κ2) is 3.90. The zero-order chi connectivity index (χ0) is 10.8. The van der Waals surface area contributed by atoms with E-state index in [0.29, 0.717) is 6.61 Å². The molecule has 1 fully saturated rings. The van der Waals surface area contributed by atoms with Crippen molar-refractivity contribution in [2.45, 2.75) is 25.5 Å². The predicted octanol–water partition coefficient (Wildman–Crippen LogP) is -0.182. The molecule has 1 aliphatic rings. The Morgan fingerprint density at radius 3 is 2.93 bits per heavy atom. The molecule has 0 radical (unpaired) electrons. The third-order valence-corrected chi connectivity index (χ3v) is 2.46. The van der Waals surface area contributed by atoms with Gasteiger partial charge in [0.25, 0.3) is 5.56 Å². The lowest BCUT2D eigenvalue weighted by Gasteiger charge is -2.24. The lowest BCUT2D eigenvalue weighted by Crippen LogP contribution is -2.35. The van der Waals surface area contributed by atoms with E-state index >= 15 is 0 Å². The minimum atomic E-state index is -0.549. The second-order valence-corrected chi connectivity index (χ2v) is 3.57. The third kappa shape index (κ3) is 1.94. The number of nitrogens with zero attached hydrogens (tertiary/aromatic N) is 1. The molecule has 6 heteroatoms. The van der Waals surface area contributed by atoms with Crippen molar-refractivity contribution in [1.29, 1.82) is 0 Å². The number of H-pyrrole nitrogens is 1. The highest BCUT2D eigenvalue weighted by Gasteiger charge is 2.17. The van der Waals surface area contributed by atoms with E-state index in [1.807, 2.05) is 0 Å². The monoisotopic (exact) mass is 211 g/mol. The largest absolute Gasteiger partial charge is 0.393 e. The number of hydrogen-bond acceptors (Lipinski definition) is 4. The summed E-state index contributed by atoms with van der Waals surface area (Å²) in [5.74, 6) is 0. The first kappa shape index (κ1) is 9.97. The molecule has 0 aromatic carbocycles. The van der Waals surface area contributed by atoms with Crippen molar-refractivity contribution in [2.24, 2.45) is 0 Å². The minimum Gasteiger partial charge on any atom is -0.393 e. The number of nitrogens with two attached hydrogens (primary N) is 1. The maximum absolute atomic E-state index is 11.5. The number of hydrogen-bond donors (Lipinski definition) is 2. The molecule has 1 aromatic rings. The Morgan fingerprint density at radius 2 is 2.27 bits per heavy atom. The van der Waals surface area contributed by atoms with Gasteiger partial charge in [-0.25, -0.2) is 4.79 Å². The van der Waals surface area contributed by atoms with Crippen LogP contribution in [0.25, 0.3) is 0 Å². The van der Waals surface area contributed by atoms with Gasteiger partial charge in [-0.1, -0.05) is 0 Å². The van der Waals surface area contributed by atoms with Crippen molar-refractivity contribution >= 4 is 5.69 Å². The van der Waals surface area contributed by atoms with Gasteiger partial charge in [0.15, 0.2) is 0 Å². The van der Waals surface area contributed by atoms with E-state index in [1.54, 1.807) is 0 Å². The second-order valence-electron chi connectivity index (χ2n) is 3.57. The molecule has 1 atom stereocenters. The zero-order valence-corrected chi connectivity index (χ0v) is 8.23. The first-order valence-electron chi connectivity index (χ1n) is 4.91. The van der Waals surface area contributed by atoms with Crippen molar-refractivity contribution in [3.05, 3.63) is 27.0 Å². The molecule has 0 bridgehead atoms. The molecule has 15 heavy (non-hydrogen) atoms. The molecule has 6 nitrogen and oxygen atoms in total. The molecule has 1 aromatic heterocycles. The summed E-state index contributed by atoms with van der Waals surface area (Å²) in [4.78, 5) is 24.7. The van der Waals surface area contributed by atoms with Crippen molar-refractivity contribution in [1.82, 2.24) is 9.55 Å². The highest BCUT2D eigenvalue weighted by Crippen LogP contribution is 2.20. The molecule has 1 aliphatic heterocycles. The average molecular weight is 211 g/mol. The highest BCUT2D eigenvalue weighted by atomic mass is 16.5. The van der Waals surface area contributed by atoms with E-state index in [-0.39, 0.29) is 11.9 Å². The van der Waals surface area contributed by atoms with E-state index < -0.39 is 11.2 Å². The molecule has 0 saturated carbocycles. The normalized spacial score (nSPS) is 21.5. The fourth-order valence-corrected chi connectivity index (χ4v) is 1.66. The number of ether oxygens (including phenoxy) is 1. The fourth-order valence-electron chi connectivity index (χ4n) is 1.66. The number of nitrogen functional groups attached to an aromatic ring is 1. The van der Waals surface area contributed by atoms with Crippen LogP contribution in [0.1, 0.15) is 25.5 Å². The van der Waals surface area contributed by atoms with Crippen LogP contribution < -0.4 is 17.0 Å². The van der Waals surface area contributed by atoms with Gasteiger partial charge >= 0.3 is 5.69 Å². The third-order valence-electron chi connectivity index (χ3n) is 2.46. The van der Waals surface area contributed by atoms with Crippen molar-refractivity contribution in [3.8, 4) is 0 Å².